The van der Waals surface area contributed by atoms with E-state index in [1.807, 2.05) is 13.0 Å². The first-order chi connectivity index (χ1) is 11.5. The summed E-state index contributed by atoms with van der Waals surface area (Å²) in [6.45, 7) is 1.86. The molecule has 0 aliphatic carbocycles. The molecule has 24 heavy (non-hydrogen) atoms. The lowest BCUT2D eigenvalue weighted by Crippen LogP contribution is -2.42. The van der Waals surface area contributed by atoms with Crippen LogP contribution in [-0.4, -0.2) is 25.0 Å². The molecule has 1 N–H and O–H groups in total. The Kier molecular flexibility index (Phi) is 8.11. The summed E-state index contributed by atoms with van der Waals surface area (Å²) in [7, 11) is 1.17. The van der Waals surface area contributed by atoms with Crippen LogP contribution in [0.5, 0.6) is 0 Å². The number of hydrogen-bond donors (Lipinski definition) is 1. The number of esters is 1. The van der Waals surface area contributed by atoms with E-state index in [0.717, 1.165) is 18.2 Å². The van der Waals surface area contributed by atoms with Gasteiger partial charge >= 0.3 is 5.97 Å². The van der Waals surface area contributed by atoms with Crippen LogP contribution in [0, 0.1) is 11.6 Å². The Labute approximate surface area is 139 Å². The van der Waals surface area contributed by atoms with Gasteiger partial charge in [-0.1, -0.05) is 30.4 Å². The Bertz CT molecular complexity index is 646. The lowest BCUT2D eigenvalue weighted by molar-refractivity contribution is -0.144. The normalized spacial score (nSPS) is 12.8. The number of benzene rings is 1. The van der Waals surface area contributed by atoms with Crippen LogP contribution in [0.15, 0.2) is 54.7 Å². The first-order valence-electron chi connectivity index (χ1n) is 7.25. The Morgan fingerprint density at radius 2 is 1.75 bits per heavy atom. The zero-order valence-corrected chi connectivity index (χ0v) is 13.5. The van der Waals surface area contributed by atoms with Crippen molar-refractivity contribution < 1.29 is 23.1 Å². The standard InChI is InChI=1S/C18H19F2NO3/c1-3-4-5-6-7-8-17(22)21-16(18(23)24-2)11-13-9-14(19)12-15(20)10-13/h3-10,12,16H,11H2,1-2H3,(H,21,22)/b4-3+,6-5+,8-7+/t16-/m0/s1. The minimum atomic E-state index is -1.05. The van der Waals surface area contributed by atoms with E-state index in [4.69, 9.17) is 0 Å². The fourth-order valence-corrected chi connectivity index (χ4v) is 1.90. The molecule has 1 amide bonds. The molecule has 1 aromatic carbocycles. The molecule has 4 nitrogen and oxygen atoms in total. The van der Waals surface area contributed by atoms with Crippen LogP contribution < -0.4 is 5.32 Å². The minimum Gasteiger partial charge on any atom is -0.467 e. The fourth-order valence-electron chi connectivity index (χ4n) is 1.90. The maximum atomic E-state index is 13.2. The number of hydrogen-bond acceptors (Lipinski definition) is 3. The molecule has 0 spiro atoms. The molecule has 1 atom stereocenters. The van der Waals surface area contributed by atoms with Gasteiger partial charge in [0.25, 0.3) is 0 Å². The summed E-state index contributed by atoms with van der Waals surface area (Å²) < 4.78 is 31.1. The molecule has 6 heteroatoms. The lowest BCUT2D eigenvalue weighted by atomic mass is 10.1. The molecule has 0 aromatic heterocycles. The first-order valence-corrected chi connectivity index (χ1v) is 7.25. The van der Waals surface area contributed by atoms with Crippen molar-refractivity contribution >= 4 is 11.9 Å². The third-order valence-corrected chi connectivity index (χ3v) is 2.94. The van der Waals surface area contributed by atoms with Crippen molar-refractivity contribution in [3.05, 3.63) is 71.9 Å². The monoisotopic (exact) mass is 335 g/mol. The Balaban J connectivity index is 2.78. The average molecular weight is 335 g/mol. The van der Waals surface area contributed by atoms with Crippen molar-refractivity contribution in [1.29, 1.82) is 0 Å². The Hall–Kier alpha value is -2.76. The van der Waals surface area contributed by atoms with Crippen LogP contribution >= 0.6 is 0 Å². The molecule has 0 heterocycles. The minimum absolute atomic E-state index is 0.0880. The molecule has 0 aliphatic heterocycles. The van der Waals surface area contributed by atoms with Crippen molar-refractivity contribution in [3.63, 3.8) is 0 Å². The second-order valence-corrected chi connectivity index (χ2v) is 4.84. The number of halogens is 2. The van der Waals surface area contributed by atoms with Gasteiger partial charge in [-0.15, -0.1) is 0 Å². The molecule has 0 fully saturated rings. The van der Waals surface area contributed by atoms with Gasteiger partial charge in [-0.25, -0.2) is 13.6 Å². The van der Waals surface area contributed by atoms with E-state index >= 15 is 0 Å². The van der Waals surface area contributed by atoms with Crippen LogP contribution in [0.4, 0.5) is 8.78 Å². The van der Waals surface area contributed by atoms with Crippen molar-refractivity contribution in [1.82, 2.24) is 5.32 Å². The summed E-state index contributed by atoms with van der Waals surface area (Å²) in [5.74, 6) is -2.74. The van der Waals surface area contributed by atoms with Gasteiger partial charge < -0.3 is 10.1 Å². The lowest BCUT2D eigenvalue weighted by Gasteiger charge is -2.15. The third kappa shape index (κ3) is 7.00. The highest BCUT2D eigenvalue weighted by molar-refractivity contribution is 5.91. The number of carbonyl (C=O) groups excluding carboxylic acids is 2. The van der Waals surface area contributed by atoms with E-state index in [9.17, 15) is 18.4 Å². The van der Waals surface area contributed by atoms with E-state index in [0.29, 0.717) is 0 Å². The molecule has 0 saturated carbocycles. The highest BCUT2D eigenvalue weighted by Crippen LogP contribution is 2.11. The predicted octanol–water partition coefficient (Wildman–Crippen LogP) is 2.85. The van der Waals surface area contributed by atoms with E-state index in [-0.39, 0.29) is 12.0 Å². The zero-order valence-electron chi connectivity index (χ0n) is 13.5. The van der Waals surface area contributed by atoms with Gasteiger partial charge in [0.05, 0.1) is 7.11 Å². The zero-order chi connectivity index (χ0) is 17.9. The summed E-state index contributed by atoms with van der Waals surface area (Å²) in [6, 6.07) is 1.88. The molecular formula is C18H19F2NO3. The highest BCUT2D eigenvalue weighted by atomic mass is 19.1. The quantitative estimate of drug-likeness (QED) is 0.474. The van der Waals surface area contributed by atoms with Crippen LogP contribution in [0.3, 0.4) is 0 Å². The van der Waals surface area contributed by atoms with Gasteiger partial charge in [-0.2, -0.15) is 0 Å². The van der Waals surface area contributed by atoms with Crippen molar-refractivity contribution in [2.45, 2.75) is 19.4 Å². The molecule has 128 valence electrons. The average Bonchev–Trinajstić information content (AvgIpc) is 2.52. The first kappa shape index (κ1) is 19.3. The molecule has 0 unspecified atom stereocenters. The SMILES string of the molecule is C/C=C/C=C/C=C/C(=O)N[C@@H](Cc1cc(F)cc(F)c1)C(=O)OC. The van der Waals surface area contributed by atoms with Crippen LogP contribution in [0.25, 0.3) is 0 Å². The second kappa shape index (κ2) is 10.1. The number of rotatable bonds is 7. The summed E-state index contributed by atoms with van der Waals surface area (Å²) >= 11 is 0. The highest BCUT2D eigenvalue weighted by Gasteiger charge is 2.21. The smallest absolute Gasteiger partial charge is 0.328 e. The maximum Gasteiger partial charge on any atom is 0.328 e. The summed E-state index contributed by atoms with van der Waals surface area (Å²) in [5, 5.41) is 2.45. The van der Waals surface area contributed by atoms with Gasteiger partial charge in [-0.3, -0.25) is 4.79 Å². The van der Waals surface area contributed by atoms with Gasteiger partial charge in [0, 0.05) is 18.6 Å². The fraction of sp³-hybridized carbons (Fsp3) is 0.222. The van der Waals surface area contributed by atoms with Gasteiger partial charge in [0.1, 0.15) is 17.7 Å². The molecule has 1 aromatic rings. The molecule has 0 bridgehead atoms. The molecule has 1 rings (SSSR count). The number of allylic oxidation sites excluding steroid dienone is 5. The number of amides is 1. The van der Waals surface area contributed by atoms with E-state index in [1.54, 1.807) is 18.2 Å². The van der Waals surface area contributed by atoms with Crippen molar-refractivity contribution in [2.75, 3.05) is 7.11 Å². The van der Waals surface area contributed by atoms with Crippen molar-refractivity contribution in [2.24, 2.45) is 0 Å². The van der Waals surface area contributed by atoms with Gasteiger partial charge in [0.2, 0.25) is 5.91 Å². The van der Waals surface area contributed by atoms with E-state index in [1.165, 1.54) is 19.3 Å². The van der Waals surface area contributed by atoms with Crippen LogP contribution in [0.1, 0.15) is 12.5 Å². The molecule has 0 radical (unpaired) electrons. The number of methoxy groups -OCH3 is 1. The Morgan fingerprint density at radius 1 is 1.12 bits per heavy atom. The molecular weight excluding hydrogens is 316 g/mol. The number of carbonyl (C=O) groups is 2. The van der Waals surface area contributed by atoms with Gasteiger partial charge in [0.15, 0.2) is 0 Å². The summed E-state index contributed by atoms with van der Waals surface area (Å²) in [5.41, 5.74) is 0.236. The molecule has 0 aliphatic rings. The third-order valence-electron chi connectivity index (χ3n) is 2.94. The van der Waals surface area contributed by atoms with Crippen LogP contribution in [-0.2, 0) is 20.7 Å². The second-order valence-electron chi connectivity index (χ2n) is 4.84. The largest absolute Gasteiger partial charge is 0.467 e. The predicted molar refractivity (Wildman–Crippen MR) is 87.1 cm³/mol. The van der Waals surface area contributed by atoms with E-state index < -0.39 is 29.6 Å². The topological polar surface area (TPSA) is 55.4 Å². The van der Waals surface area contributed by atoms with Gasteiger partial charge in [-0.05, 0) is 24.6 Å². The Morgan fingerprint density at radius 3 is 2.33 bits per heavy atom. The number of ether oxygens (including phenoxy) is 1. The van der Waals surface area contributed by atoms with E-state index in [2.05, 4.69) is 10.1 Å². The van der Waals surface area contributed by atoms with Crippen molar-refractivity contribution in [3.8, 4) is 0 Å². The summed E-state index contributed by atoms with van der Waals surface area (Å²) in [6.07, 6.45) is 9.66. The summed E-state index contributed by atoms with van der Waals surface area (Å²) in [4.78, 5) is 23.6. The number of nitrogens with one attached hydrogen (secondary N) is 1. The molecule has 0 saturated heterocycles. The maximum absolute atomic E-state index is 13.2. The van der Waals surface area contributed by atoms with Crippen LogP contribution in [0.2, 0.25) is 0 Å².